The van der Waals surface area contributed by atoms with E-state index in [2.05, 4.69) is 0 Å². The van der Waals surface area contributed by atoms with Crippen molar-refractivity contribution in [1.29, 1.82) is 0 Å². The highest BCUT2D eigenvalue weighted by Gasteiger charge is 2.34. The first-order valence-electron chi connectivity index (χ1n) is 13.9. The van der Waals surface area contributed by atoms with E-state index in [-0.39, 0.29) is 11.3 Å². The van der Waals surface area contributed by atoms with Gasteiger partial charge in [0.25, 0.3) is 0 Å². The number of alkyl halides is 3. The Hall–Kier alpha value is -2.16. The molecule has 0 saturated heterocycles. The highest BCUT2D eigenvalue weighted by molar-refractivity contribution is 5.86. The van der Waals surface area contributed by atoms with Gasteiger partial charge in [0.2, 0.25) is 0 Å². The van der Waals surface area contributed by atoms with E-state index >= 15 is 0 Å². The van der Waals surface area contributed by atoms with Crippen LogP contribution in [0.25, 0.3) is 10.8 Å². The number of fused-ring (bicyclic) bond motifs is 1. The van der Waals surface area contributed by atoms with Crippen LogP contribution in [0, 0.1) is 53.0 Å². The van der Waals surface area contributed by atoms with Crippen molar-refractivity contribution in [2.75, 3.05) is 0 Å². The van der Waals surface area contributed by atoms with Crippen molar-refractivity contribution >= 4 is 10.8 Å². The lowest BCUT2D eigenvalue weighted by Crippen LogP contribution is -2.28. The molecule has 2 aromatic rings. The molecule has 0 unspecified atom stereocenters. The van der Waals surface area contributed by atoms with Crippen LogP contribution in [0.3, 0.4) is 0 Å². The minimum atomic E-state index is -4.90. The average Bonchev–Trinajstić information content (AvgIpc) is 2.88. The molecule has 37 heavy (non-hydrogen) atoms. The Labute approximate surface area is 215 Å². The lowest BCUT2D eigenvalue weighted by molar-refractivity contribution is -0.0696. The van der Waals surface area contributed by atoms with Crippen LogP contribution in [0.1, 0.15) is 101 Å². The van der Waals surface area contributed by atoms with Crippen molar-refractivity contribution in [1.82, 2.24) is 0 Å². The van der Waals surface area contributed by atoms with Crippen molar-refractivity contribution in [3.05, 3.63) is 46.8 Å². The molecule has 3 fully saturated rings. The summed E-state index contributed by atoms with van der Waals surface area (Å²) in [5.41, 5.74) is -0.354. The Bertz CT molecular complexity index is 1160. The third-order valence-electron chi connectivity index (χ3n) is 9.48. The quantitative estimate of drug-likeness (QED) is 0.279. The molecule has 2 aromatic carbocycles. The van der Waals surface area contributed by atoms with E-state index in [1.807, 2.05) is 0 Å². The van der Waals surface area contributed by atoms with E-state index in [1.165, 1.54) is 69.8 Å². The van der Waals surface area contributed by atoms with Crippen molar-refractivity contribution in [3.63, 3.8) is 0 Å². The van der Waals surface area contributed by atoms with Crippen LogP contribution in [0.5, 0.6) is 0 Å². The third kappa shape index (κ3) is 5.96. The summed E-state index contributed by atoms with van der Waals surface area (Å²) >= 11 is 0. The van der Waals surface area contributed by atoms with E-state index in [9.17, 15) is 26.3 Å². The van der Waals surface area contributed by atoms with Crippen molar-refractivity contribution in [3.8, 4) is 11.8 Å². The van der Waals surface area contributed by atoms with Crippen molar-refractivity contribution in [2.45, 2.75) is 95.6 Å². The second-order valence-corrected chi connectivity index (χ2v) is 11.6. The molecular weight excluding hydrogens is 486 g/mol. The zero-order chi connectivity index (χ0) is 26.2. The molecule has 0 bridgehead atoms. The lowest BCUT2D eigenvalue weighted by atomic mass is 9.65. The van der Waals surface area contributed by atoms with Crippen molar-refractivity contribution in [2.24, 2.45) is 23.7 Å². The van der Waals surface area contributed by atoms with Gasteiger partial charge in [0.05, 0.1) is 10.9 Å². The van der Waals surface area contributed by atoms with E-state index in [0.29, 0.717) is 11.5 Å². The summed E-state index contributed by atoms with van der Waals surface area (Å²) in [6, 6.07) is 3.75. The molecule has 3 aliphatic carbocycles. The van der Waals surface area contributed by atoms with Crippen LogP contribution in [-0.4, -0.2) is 6.18 Å². The van der Waals surface area contributed by atoms with E-state index in [1.54, 1.807) is 6.07 Å². The molecule has 0 nitrogen and oxygen atoms in total. The smallest absolute Gasteiger partial charge is 0.206 e. The van der Waals surface area contributed by atoms with Gasteiger partial charge in [0.1, 0.15) is 11.6 Å². The molecule has 6 heteroatoms. The molecule has 5 rings (SSSR count). The minimum Gasteiger partial charge on any atom is -0.206 e. The number of halogens is 6. The van der Waals surface area contributed by atoms with Crippen LogP contribution in [0.2, 0.25) is 0 Å². The molecule has 0 aliphatic heterocycles. The lowest BCUT2D eigenvalue weighted by Gasteiger charge is -2.40. The van der Waals surface area contributed by atoms with Crippen LogP contribution in [0.4, 0.5) is 26.3 Å². The number of benzene rings is 2. The summed E-state index contributed by atoms with van der Waals surface area (Å²) < 4.78 is 81.4. The van der Waals surface area contributed by atoms with Crippen LogP contribution in [0.15, 0.2) is 18.2 Å². The predicted molar refractivity (Wildman–Crippen MR) is 133 cm³/mol. The van der Waals surface area contributed by atoms with Gasteiger partial charge in [-0.25, -0.2) is 13.2 Å². The fraction of sp³-hybridized carbons (Fsp3) is 0.613. The topological polar surface area (TPSA) is 0 Å². The van der Waals surface area contributed by atoms with Crippen LogP contribution < -0.4 is 0 Å². The normalized spacial score (nSPS) is 27.6. The molecule has 3 saturated carbocycles. The summed E-state index contributed by atoms with van der Waals surface area (Å²) in [6.07, 6.45) is 11.5. The molecule has 3 aliphatic rings. The zero-order valence-corrected chi connectivity index (χ0v) is 21.1. The second-order valence-electron chi connectivity index (χ2n) is 11.6. The number of hydrogen-bond acceptors (Lipinski definition) is 0. The second kappa shape index (κ2) is 10.9. The Morgan fingerprint density at radius 3 is 1.73 bits per heavy atom. The zero-order valence-electron chi connectivity index (χ0n) is 21.1. The van der Waals surface area contributed by atoms with Gasteiger partial charge in [-0.2, -0.15) is 13.2 Å². The molecule has 0 N–H and O–H groups in total. The summed E-state index contributed by atoms with van der Waals surface area (Å²) in [4.78, 5) is 0. The molecular formula is C31H34F6. The molecule has 0 aromatic heterocycles. The standard InChI is InChI=1S/C31H34F6/c32-27-18-25-16-24(17-28(33)29(25)30(34)26(27)14-15-31(35,36)37)23-12-10-22(11-13-23)21-8-6-20(7-9-21)19-4-2-1-3-5-19/h16-23H,1-13H2. The number of rotatable bonds is 3. The maximum absolute atomic E-state index is 15.0. The maximum atomic E-state index is 15.0. The van der Waals surface area contributed by atoms with Gasteiger partial charge < -0.3 is 0 Å². The highest BCUT2D eigenvalue weighted by Crippen LogP contribution is 2.47. The maximum Gasteiger partial charge on any atom is 0.458 e. The van der Waals surface area contributed by atoms with Gasteiger partial charge in [0, 0.05) is 5.92 Å². The molecule has 200 valence electrons. The van der Waals surface area contributed by atoms with E-state index in [4.69, 9.17) is 0 Å². The van der Waals surface area contributed by atoms with Crippen molar-refractivity contribution < 1.29 is 26.3 Å². The van der Waals surface area contributed by atoms with Crippen LogP contribution in [-0.2, 0) is 0 Å². The van der Waals surface area contributed by atoms with Crippen LogP contribution >= 0.6 is 0 Å². The number of hydrogen-bond donors (Lipinski definition) is 0. The molecule has 0 spiro atoms. The Morgan fingerprint density at radius 2 is 1.16 bits per heavy atom. The highest BCUT2D eigenvalue weighted by atomic mass is 19.4. The van der Waals surface area contributed by atoms with Gasteiger partial charge in [-0.15, -0.1) is 0 Å². The summed E-state index contributed by atoms with van der Waals surface area (Å²) in [5, 5.41) is -0.495. The monoisotopic (exact) mass is 520 g/mol. The fourth-order valence-electron chi connectivity index (χ4n) is 7.53. The molecule has 0 amide bonds. The summed E-state index contributed by atoms with van der Waals surface area (Å²) in [5.74, 6) is 2.29. The van der Waals surface area contributed by atoms with E-state index in [0.717, 1.165) is 55.4 Å². The largest absolute Gasteiger partial charge is 0.458 e. The summed E-state index contributed by atoms with van der Waals surface area (Å²) in [6.45, 7) is 0. The molecule has 0 atom stereocenters. The molecule has 0 radical (unpaired) electrons. The third-order valence-corrected chi connectivity index (χ3v) is 9.48. The predicted octanol–water partition coefficient (Wildman–Crippen LogP) is 9.83. The van der Waals surface area contributed by atoms with Gasteiger partial charge in [-0.3, -0.25) is 0 Å². The minimum absolute atomic E-state index is 0.0192. The Kier molecular flexibility index (Phi) is 7.80. The van der Waals surface area contributed by atoms with E-state index < -0.39 is 34.6 Å². The average molecular weight is 521 g/mol. The SMILES string of the molecule is Fc1cc2cc(C3CCC(C4CCC(C5CCCCC5)CC4)CC3)cc(F)c2c(F)c1C#CC(F)(F)F. The fourth-order valence-corrected chi connectivity index (χ4v) is 7.53. The van der Waals surface area contributed by atoms with Gasteiger partial charge >= 0.3 is 6.18 Å². The first-order valence-corrected chi connectivity index (χ1v) is 13.9. The van der Waals surface area contributed by atoms with Gasteiger partial charge in [-0.05, 0) is 104 Å². The van der Waals surface area contributed by atoms with Gasteiger partial charge in [0.15, 0.2) is 5.82 Å². The van der Waals surface area contributed by atoms with Gasteiger partial charge in [-0.1, -0.05) is 44.1 Å². The Morgan fingerprint density at radius 1 is 0.622 bits per heavy atom. The molecule has 0 heterocycles. The first-order chi connectivity index (χ1) is 17.7. The summed E-state index contributed by atoms with van der Waals surface area (Å²) in [7, 11) is 0. The Balaban J connectivity index is 1.24. The first kappa shape index (κ1) is 26.4.